The molecule has 2 nitrogen and oxygen atoms in total. The van der Waals surface area contributed by atoms with Crippen LogP contribution in [0.2, 0.25) is 0 Å². The highest BCUT2D eigenvalue weighted by Gasteiger charge is 2.14. The van der Waals surface area contributed by atoms with Crippen molar-refractivity contribution in [1.29, 1.82) is 0 Å². The van der Waals surface area contributed by atoms with Gasteiger partial charge in [0.2, 0.25) is 5.91 Å². The highest BCUT2D eigenvalue weighted by molar-refractivity contribution is 7.10. The number of likely N-dealkylation sites (N-methyl/N-ethyl adjacent to an activating group) is 1. The summed E-state index contributed by atoms with van der Waals surface area (Å²) in [4.78, 5) is 15.1. The number of benzene rings is 1. The van der Waals surface area contributed by atoms with Gasteiger partial charge in [0.1, 0.15) is 0 Å². The molecule has 88 valence electrons. The van der Waals surface area contributed by atoms with E-state index >= 15 is 0 Å². The molecule has 0 spiro atoms. The van der Waals surface area contributed by atoms with Gasteiger partial charge in [-0.1, -0.05) is 24.3 Å². The molecular weight excluding hydrogens is 230 g/mol. The van der Waals surface area contributed by atoms with Crippen LogP contribution in [0.1, 0.15) is 11.8 Å². The molecule has 1 aromatic carbocycles. The van der Waals surface area contributed by atoms with Crippen molar-refractivity contribution in [3.05, 3.63) is 52.7 Å². The van der Waals surface area contributed by atoms with Gasteiger partial charge in [-0.15, -0.1) is 11.3 Å². The number of hydrogen-bond donors (Lipinski definition) is 0. The molecule has 0 atom stereocenters. The van der Waals surface area contributed by atoms with Crippen molar-refractivity contribution in [3.8, 4) is 0 Å². The molecule has 2 aromatic rings. The molecule has 1 amide bonds. The van der Waals surface area contributed by atoms with Crippen LogP contribution < -0.4 is 4.90 Å². The summed E-state index contributed by atoms with van der Waals surface area (Å²) in [5.74, 6) is 0.154. The van der Waals surface area contributed by atoms with Crippen molar-refractivity contribution in [2.45, 2.75) is 13.3 Å². The summed E-state index contributed by atoms with van der Waals surface area (Å²) in [5, 5.41) is 2.00. The minimum absolute atomic E-state index is 0.154. The molecule has 0 unspecified atom stereocenters. The van der Waals surface area contributed by atoms with Crippen LogP contribution in [-0.2, 0) is 11.2 Å². The number of hydrogen-bond acceptors (Lipinski definition) is 2. The second-order valence-electron chi connectivity index (χ2n) is 3.73. The van der Waals surface area contributed by atoms with E-state index in [0.29, 0.717) is 13.0 Å². The van der Waals surface area contributed by atoms with E-state index in [9.17, 15) is 4.79 Å². The Kier molecular flexibility index (Phi) is 3.94. The maximum absolute atomic E-state index is 12.2. The number of thiophene rings is 1. The Hall–Kier alpha value is -1.61. The predicted octanol–water partition coefficient (Wildman–Crippen LogP) is 3.34. The van der Waals surface area contributed by atoms with Gasteiger partial charge in [-0.3, -0.25) is 4.79 Å². The van der Waals surface area contributed by atoms with E-state index < -0.39 is 0 Å². The standard InChI is InChI=1S/C14H15NOS/c1-2-15(12-7-4-3-5-8-12)14(16)11-13-9-6-10-17-13/h3-10H,2,11H2,1H3. The zero-order valence-electron chi connectivity index (χ0n) is 9.80. The summed E-state index contributed by atoms with van der Waals surface area (Å²) >= 11 is 1.63. The fourth-order valence-corrected chi connectivity index (χ4v) is 2.46. The second kappa shape index (κ2) is 5.64. The topological polar surface area (TPSA) is 20.3 Å². The molecule has 0 saturated heterocycles. The third-order valence-corrected chi connectivity index (χ3v) is 3.47. The van der Waals surface area contributed by atoms with Crippen LogP contribution in [0.4, 0.5) is 5.69 Å². The van der Waals surface area contributed by atoms with Crippen LogP contribution >= 0.6 is 11.3 Å². The minimum atomic E-state index is 0.154. The second-order valence-corrected chi connectivity index (χ2v) is 4.76. The lowest BCUT2D eigenvalue weighted by atomic mass is 10.2. The van der Waals surface area contributed by atoms with E-state index in [1.54, 1.807) is 11.3 Å². The molecule has 1 heterocycles. The SMILES string of the molecule is CCN(C(=O)Cc1cccs1)c1ccccc1. The Morgan fingerprint density at radius 2 is 1.94 bits per heavy atom. The largest absolute Gasteiger partial charge is 0.312 e. The van der Waals surface area contributed by atoms with E-state index in [4.69, 9.17) is 0 Å². The fourth-order valence-electron chi connectivity index (χ4n) is 1.77. The lowest BCUT2D eigenvalue weighted by Crippen LogP contribution is -2.31. The Morgan fingerprint density at radius 1 is 1.18 bits per heavy atom. The summed E-state index contributed by atoms with van der Waals surface area (Å²) in [5.41, 5.74) is 0.969. The first-order valence-corrected chi connectivity index (χ1v) is 6.57. The van der Waals surface area contributed by atoms with E-state index in [2.05, 4.69) is 0 Å². The molecule has 0 aliphatic heterocycles. The zero-order chi connectivity index (χ0) is 12.1. The Bertz CT molecular complexity index is 464. The Morgan fingerprint density at radius 3 is 2.53 bits per heavy atom. The maximum Gasteiger partial charge on any atom is 0.232 e. The quantitative estimate of drug-likeness (QED) is 0.809. The van der Waals surface area contributed by atoms with Crippen molar-refractivity contribution in [3.63, 3.8) is 0 Å². The van der Waals surface area contributed by atoms with Crippen molar-refractivity contribution < 1.29 is 4.79 Å². The summed E-state index contributed by atoms with van der Waals surface area (Å²) in [7, 11) is 0. The predicted molar refractivity (Wildman–Crippen MR) is 72.5 cm³/mol. The monoisotopic (exact) mass is 245 g/mol. The van der Waals surface area contributed by atoms with Gasteiger partial charge in [-0.2, -0.15) is 0 Å². The number of carbonyl (C=O) groups is 1. The molecule has 3 heteroatoms. The zero-order valence-corrected chi connectivity index (χ0v) is 10.6. The molecule has 0 aliphatic carbocycles. The van der Waals surface area contributed by atoms with E-state index in [1.807, 2.05) is 59.7 Å². The number of para-hydroxylation sites is 1. The number of amides is 1. The number of nitrogens with zero attached hydrogens (tertiary/aromatic N) is 1. The van der Waals surface area contributed by atoms with Crippen LogP contribution in [0, 0.1) is 0 Å². The van der Waals surface area contributed by atoms with Crippen LogP contribution in [0.15, 0.2) is 47.8 Å². The number of rotatable bonds is 4. The molecule has 17 heavy (non-hydrogen) atoms. The summed E-state index contributed by atoms with van der Waals surface area (Å²) in [6.45, 7) is 2.70. The van der Waals surface area contributed by atoms with Crippen molar-refractivity contribution in [1.82, 2.24) is 0 Å². The number of anilines is 1. The fraction of sp³-hybridized carbons (Fsp3) is 0.214. The first-order valence-electron chi connectivity index (χ1n) is 5.69. The molecule has 0 N–H and O–H groups in total. The van der Waals surface area contributed by atoms with Gasteiger partial charge >= 0.3 is 0 Å². The summed E-state index contributed by atoms with van der Waals surface area (Å²) < 4.78 is 0. The molecule has 1 aromatic heterocycles. The van der Waals surface area contributed by atoms with Crippen LogP contribution in [-0.4, -0.2) is 12.5 Å². The Balaban J connectivity index is 2.11. The first kappa shape index (κ1) is 11.9. The maximum atomic E-state index is 12.2. The Labute approximate surface area is 106 Å². The first-order chi connectivity index (χ1) is 8.31. The molecule has 0 radical (unpaired) electrons. The lowest BCUT2D eigenvalue weighted by Gasteiger charge is -2.20. The third kappa shape index (κ3) is 2.94. The van der Waals surface area contributed by atoms with Crippen LogP contribution in [0.5, 0.6) is 0 Å². The van der Waals surface area contributed by atoms with Gasteiger partial charge in [0.15, 0.2) is 0 Å². The lowest BCUT2D eigenvalue weighted by molar-refractivity contribution is -0.117. The highest BCUT2D eigenvalue weighted by Crippen LogP contribution is 2.16. The van der Waals surface area contributed by atoms with E-state index in [-0.39, 0.29) is 5.91 Å². The molecule has 0 saturated carbocycles. The van der Waals surface area contributed by atoms with E-state index in [1.165, 1.54) is 0 Å². The molecule has 2 rings (SSSR count). The van der Waals surface area contributed by atoms with Gasteiger partial charge in [-0.25, -0.2) is 0 Å². The summed E-state index contributed by atoms with van der Waals surface area (Å²) in [6.07, 6.45) is 0.487. The van der Waals surface area contributed by atoms with Crippen molar-refractivity contribution in [2.75, 3.05) is 11.4 Å². The van der Waals surface area contributed by atoms with Crippen molar-refractivity contribution in [2.24, 2.45) is 0 Å². The normalized spacial score (nSPS) is 10.2. The van der Waals surface area contributed by atoms with Gasteiger partial charge in [0, 0.05) is 17.1 Å². The average molecular weight is 245 g/mol. The highest BCUT2D eigenvalue weighted by atomic mass is 32.1. The molecular formula is C14H15NOS. The van der Waals surface area contributed by atoms with E-state index in [0.717, 1.165) is 10.6 Å². The smallest absolute Gasteiger partial charge is 0.232 e. The minimum Gasteiger partial charge on any atom is -0.312 e. The third-order valence-electron chi connectivity index (χ3n) is 2.59. The molecule has 0 aliphatic rings. The van der Waals surface area contributed by atoms with Crippen LogP contribution in [0.25, 0.3) is 0 Å². The van der Waals surface area contributed by atoms with Crippen molar-refractivity contribution >= 4 is 22.9 Å². The van der Waals surface area contributed by atoms with Crippen LogP contribution in [0.3, 0.4) is 0 Å². The van der Waals surface area contributed by atoms with Gasteiger partial charge < -0.3 is 4.90 Å². The van der Waals surface area contributed by atoms with Gasteiger partial charge in [0.05, 0.1) is 6.42 Å². The van der Waals surface area contributed by atoms with Gasteiger partial charge in [-0.05, 0) is 30.5 Å². The summed E-state index contributed by atoms with van der Waals surface area (Å²) in [6, 6.07) is 13.8. The average Bonchev–Trinajstić information content (AvgIpc) is 2.84. The van der Waals surface area contributed by atoms with Gasteiger partial charge in [0.25, 0.3) is 0 Å². The molecule has 0 bridgehead atoms. The molecule has 0 fully saturated rings. The number of carbonyl (C=O) groups excluding carboxylic acids is 1.